The predicted octanol–water partition coefficient (Wildman–Crippen LogP) is 1.49. The number of nitrogens with one attached hydrogen (secondary N) is 3. The maximum absolute atomic E-state index is 12.9. The third-order valence-corrected chi connectivity index (χ3v) is 6.30. The summed E-state index contributed by atoms with van der Waals surface area (Å²) in [4.78, 5) is 30.9. The summed E-state index contributed by atoms with van der Waals surface area (Å²) < 4.78 is 0. The smallest absolute Gasteiger partial charge is 0.251 e. The predicted molar refractivity (Wildman–Crippen MR) is 117 cm³/mol. The molecule has 4 rings (SSSR count). The van der Waals surface area contributed by atoms with E-state index < -0.39 is 29.7 Å². The summed E-state index contributed by atoms with van der Waals surface area (Å²) in [5, 5.41) is 24.2. The van der Waals surface area contributed by atoms with Gasteiger partial charge >= 0.3 is 0 Å². The van der Waals surface area contributed by atoms with Gasteiger partial charge in [-0.25, -0.2) is 0 Å². The molecule has 1 aromatic rings. The van der Waals surface area contributed by atoms with Crippen LogP contribution in [0.3, 0.4) is 0 Å². The van der Waals surface area contributed by atoms with Gasteiger partial charge in [-0.2, -0.15) is 0 Å². The van der Waals surface area contributed by atoms with E-state index in [4.69, 9.17) is 16.4 Å². The van der Waals surface area contributed by atoms with Crippen molar-refractivity contribution in [2.45, 2.75) is 75.3 Å². The third kappa shape index (κ3) is 5.19. The molecule has 1 spiro atoms. The molecular formula is C22H29ClN4O4. The average Bonchev–Trinajstić information content (AvgIpc) is 3.32. The fraction of sp³-hybridized carbons (Fsp3) is 0.591. The Kier molecular flexibility index (Phi) is 6.50. The molecule has 8 nitrogen and oxygen atoms in total. The van der Waals surface area contributed by atoms with E-state index in [-0.39, 0.29) is 11.9 Å². The van der Waals surface area contributed by atoms with Crippen LogP contribution in [0.5, 0.6) is 0 Å². The highest BCUT2D eigenvalue weighted by Crippen LogP contribution is 2.34. The molecule has 0 bridgehead atoms. The minimum absolute atomic E-state index is 0.157. The van der Waals surface area contributed by atoms with Gasteiger partial charge in [-0.05, 0) is 31.4 Å². The van der Waals surface area contributed by atoms with Gasteiger partial charge in [0.25, 0.3) is 5.91 Å². The second kappa shape index (κ2) is 9.14. The molecule has 2 fully saturated rings. The molecule has 2 heterocycles. The molecule has 4 atom stereocenters. The first kappa shape index (κ1) is 22.0. The summed E-state index contributed by atoms with van der Waals surface area (Å²) >= 11 is 6.08. The van der Waals surface area contributed by atoms with Crippen LogP contribution in [0.15, 0.2) is 29.4 Å². The van der Waals surface area contributed by atoms with Gasteiger partial charge in [-0.3, -0.25) is 9.59 Å². The number of carbonyl (C=O) groups excluding carboxylic acids is 2. The van der Waals surface area contributed by atoms with Crippen molar-refractivity contribution in [2.75, 3.05) is 6.54 Å². The molecule has 2 amide bonds. The van der Waals surface area contributed by atoms with E-state index in [1.54, 1.807) is 6.07 Å². The van der Waals surface area contributed by atoms with E-state index in [1.165, 1.54) is 0 Å². The van der Waals surface area contributed by atoms with Crippen LogP contribution >= 0.6 is 11.6 Å². The zero-order valence-electron chi connectivity index (χ0n) is 17.6. The van der Waals surface area contributed by atoms with Gasteiger partial charge in [0, 0.05) is 36.0 Å². The number of amides is 2. The minimum atomic E-state index is -1.26. The monoisotopic (exact) mass is 448 g/mol. The van der Waals surface area contributed by atoms with Crippen LogP contribution in [0, 0.1) is 0 Å². The largest absolute Gasteiger partial charge is 0.387 e. The number of benzene rings is 1. The van der Waals surface area contributed by atoms with Gasteiger partial charge in [0.05, 0.1) is 17.8 Å². The third-order valence-electron chi connectivity index (χ3n) is 6.06. The van der Waals surface area contributed by atoms with E-state index in [0.717, 1.165) is 30.5 Å². The van der Waals surface area contributed by atoms with E-state index in [1.807, 2.05) is 25.1 Å². The summed E-state index contributed by atoms with van der Waals surface area (Å²) in [6.07, 6.45) is 2.90. The Labute approximate surface area is 186 Å². The number of carbonyl (C=O) groups is 2. The lowest BCUT2D eigenvalue weighted by Crippen LogP contribution is -2.54. The molecule has 31 heavy (non-hydrogen) atoms. The van der Waals surface area contributed by atoms with Crippen LogP contribution in [0.2, 0.25) is 5.02 Å². The maximum Gasteiger partial charge on any atom is 0.251 e. The Hall–Kier alpha value is -2.16. The van der Waals surface area contributed by atoms with Crippen LogP contribution in [-0.4, -0.2) is 59.0 Å². The van der Waals surface area contributed by atoms with E-state index >= 15 is 0 Å². The molecular weight excluding hydrogens is 420 g/mol. The van der Waals surface area contributed by atoms with Crippen LogP contribution in [0.25, 0.3) is 0 Å². The van der Waals surface area contributed by atoms with Crippen LogP contribution in [-0.2, 0) is 14.4 Å². The first-order valence-corrected chi connectivity index (χ1v) is 11.3. The first-order chi connectivity index (χ1) is 14.9. The Morgan fingerprint density at radius 3 is 2.94 bits per heavy atom. The summed E-state index contributed by atoms with van der Waals surface area (Å²) in [7, 11) is 0. The van der Waals surface area contributed by atoms with Gasteiger partial charge < -0.3 is 25.9 Å². The number of aliphatic hydroxyl groups excluding tert-OH is 1. The van der Waals surface area contributed by atoms with Crippen molar-refractivity contribution in [1.82, 2.24) is 16.0 Å². The molecule has 4 N–H and O–H groups in total. The van der Waals surface area contributed by atoms with Crippen LogP contribution in [0.1, 0.15) is 51.0 Å². The van der Waals surface area contributed by atoms with Gasteiger partial charge in [0.15, 0.2) is 11.7 Å². The molecule has 3 aliphatic rings. The van der Waals surface area contributed by atoms with Crippen molar-refractivity contribution in [3.8, 4) is 0 Å². The van der Waals surface area contributed by atoms with Crippen molar-refractivity contribution >= 4 is 29.1 Å². The number of rotatable bonds is 8. The summed E-state index contributed by atoms with van der Waals surface area (Å²) in [5.41, 5.74) is 1.13. The SMILES string of the molecule is CCC[C@@H](NC(=O)[C@@H]1C[C@@]2(CN1)CC(c1cccc(Cl)c1)=NO2)C(O)C(=O)NC1CC1. The van der Waals surface area contributed by atoms with Crippen LogP contribution in [0.4, 0.5) is 0 Å². The zero-order valence-corrected chi connectivity index (χ0v) is 18.3. The van der Waals surface area contributed by atoms with Crippen molar-refractivity contribution in [2.24, 2.45) is 5.16 Å². The fourth-order valence-corrected chi connectivity index (χ4v) is 4.35. The average molecular weight is 449 g/mol. The molecule has 2 aliphatic heterocycles. The second-order valence-corrected chi connectivity index (χ2v) is 9.20. The lowest BCUT2D eigenvalue weighted by Gasteiger charge is -2.25. The molecule has 1 saturated carbocycles. The van der Waals surface area contributed by atoms with Crippen LogP contribution < -0.4 is 16.0 Å². The van der Waals surface area contributed by atoms with Gasteiger partial charge in [-0.1, -0.05) is 42.2 Å². The van der Waals surface area contributed by atoms with Gasteiger partial charge in [-0.15, -0.1) is 0 Å². The molecule has 1 unspecified atom stereocenters. The summed E-state index contributed by atoms with van der Waals surface area (Å²) in [5.74, 6) is -0.663. The molecule has 168 valence electrons. The summed E-state index contributed by atoms with van der Waals surface area (Å²) in [6, 6.07) is 6.50. The Morgan fingerprint density at radius 1 is 1.42 bits per heavy atom. The number of oxime groups is 1. The lowest BCUT2D eigenvalue weighted by molar-refractivity contribution is -0.133. The number of hydrogen-bond acceptors (Lipinski definition) is 6. The highest BCUT2D eigenvalue weighted by Gasteiger charge is 2.48. The van der Waals surface area contributed by atoms with Crippen molar-refractivity contribution in [3.63, 3.8) is 0 Å². The maximum atomic E-state index is 12.9. The topological polar surface area (TPSA) is 112 Å². The Balaban J connectivity index is 1.34. The first-order valence-electron chi connectivity index (χ1n) is 10.9. The standard InChI is InChI=1S/C22H29ClN4O4/c1-2-4-16(19(28)21(30)25-15-7-8-15)26-20(29)18-11-22(12-24-18)10-17(27-31-22)13-5-3-6-14(23)9-13/h3,5-6,9,15-16,18-19,24,28H,2,4,7-8,10-12H2,1H3,(H,25,30)(H,26,29)/t16-,18+,19?,22-/m1/s1. The molecule has 1 saturated heterocycles. The normalized spacial score (nSPS) is 26.8. The number of aliphatic hydroxyl groups is 1. The number of hydrogen-bond donors (Lipinski definition) is 4. The van der Waals surface area contributed by atoms with E-state index in [0.29, 0.717) is 30.8 Å². The van der Waals surface area contributed by atoms with Crippen molar-refractivity contribution in [1.29, 1.82) is 0 Å². The highest BCUT2D eigenvalue weighted by molar-refractivity contribution is 6.31. The van der Waals surface area contributed by atoms with E-state index in [2.05, 4.69) is 21.1 Å². The fourth-order valence-electron chi connectivity index (χ4n) is 4.16. The van der Waals surface area contributed by atoms with Crippen molar-refractivity contribution in [3.05, 3.63) is 34.9 Å². The number of nitrogens with zero attached hydrogens (tertiary/aromatic N) is 1. The molecule has 1 aliphatic carbocycles. The Morgan fingerprint density at radius 2 is 2.23 bits per heavy atom. The Bertz CT molecular complexity index is 875. The second-order valence-electron chi connectivity index (χ2n) is 8.77. The molecule has 1 aromatic carbocycles. The van der Waals surface area contributed by atoms with Gasteiger partial charge in [0.2, 0.25) is 5.91 Å². The van der Waals surface area contributed by atoms with Gasteiger partial charge in [0.1, 0.15) is 0 Å². The van der Waals surface area contributed by atoms with E-state index in [9.17, 15) is 14.7 Å². The molecule has 0 aromatic heterocycles. The quantitative estimate of drug-likeness (QED) is 0.481. The summed E-state index contributed by atoms with van der Waals surface area (Å²) in [6.45, 7) is 2.44. The molecule has 0 radical (unpaired) electrons. The highest BCUT2D eigenvalue weighted by atomic mass is 35.5. The zero-order chi connectivity index (χ0) is 22.0. The minimum Gasteiger partial charge on any atom is -0.387 e. The lowest BCUT2D eigenvalue weighted by atomic mass is 9.91. The number of halogens is 1. The van der Waals surface area contributed by atoms with Crippen molar-refractivity contribution < 1.29 is 19.5 Å². The molecule has 9 heteroatoms.